The minimum atomic E-state index is -0.0563. The number of aromatic nitrogens is 1. The van der Waals surface area contributed by atoms with Gasteiger partial charge in [0.05, 0.1) is 12.0 Å². The molecular formula is C14H19BrN2O2. The molecule has 0 radical (unpaired) electrons. The van der Waals surface area contributed by atoms with E-state index in [1.165, 1.54) is 0 Å². The molecular weight excluding hydrogens is 308 g/mol. The largest absolute Gasteiger partial charge is 0.378 e. The molecule has 1 aliphatic rings. The fraction of sp³-hybridized carbons (Fsp3) is 0.571. The number of carbonyl (C=O) groups is 1. The first-order valence-electron chi connectivity index (χ1n) is 6.68. The van der Waals surface area contributed by atoms with Crippen molar-refractivity contribution in [3.8, 4) is 0 Å². The molecule has 0 N–H and O–H groups in total. The highest BCUT2D eigenvalue weighted by Crippen LogP contribution is 2.25. The number of amides is 1. The number of rotatable bonds is 3. The summed E-state index contributed by atoms with van der Waals surface area (Å²) in [6.07, 6.45) is 3.55. The van der Waals surface area contributed by atoms with Crippen molar-refractivity contribution in [3.05, 3.63) is 22.8 Å². The zero-order chi connectivity index (χ0) is 13.8. The highest BCUT2D eigenvalue weighted by atomic mass is 79.9. The smallest absolute Gasteiger partial charge is 0.233 e. The van der Waals surface area contributed by atoms with Crippen molar-refractivity contribution in [1.82, 2.24) is 4.98 Å². The second-order valence-electron chi connectivity index (χ2n) is 4.74. The summed E-state index contributed by atoms with van der Waals surface area (Å²) in [6.45, 7) is 5.32. The average molecular weight is 327 g/mol. The maximum atomic E-state index is 12.6. The minimum Gasteiger partial charge on any atom is -0.378 e. The van der Waals surface area contributed by atoms with Gasteiger partial charge in [0.25, 0.3) is 0 Å². The lowest BCUT2D eigenvalue weighted by molar-refractivity contribution is -0.130. The average Bonchev–Trinajstić information content (AvgIpc) is 2.42. The summed E-state index contributed by atoms with van der Waals surface area (Å²) in [7, 11) is 0. The SMILES string of the molecule is CCN(C(=O)C1CCCOC1C)c1ccc(Br)cn1. The van der Waals surface area contributed by atoms with Crippen LogP contribution in [-0.2, 0) is 9.53 Å². The van der Waals surface area contributed by atoms with Crippen LogP contribution in [0.5, 0.6) is 0 Å². The van der Waals surface area contributed by atoms with Crippen LogP contribution < -0.4 is 4.90 Å². The van der Waals surface area contributed by atoms with E-state index >= 15 is 0 Å². The number of anilines is 1. The van der Waals surface area contributed by atoms with E-state index in [4.69, 9.17) is 4.74 Å². The zero-order valence-corrected chi connectivity index (χ0v) is 12.9. The fourth-order valence-corrected chi connectivity index (χ4v) is 2.64. The fourth-order valence-electron chi connectivity index (χ4n) is 2.41. The Kier molecular flexibility index (Phi) is 4.93. The zero-order valence-electron chi connectivity index (χ0n) is 11.3. The molecule has 1 aromatic rings. The van der Waals surface area contributed by atoms with Crippen LogP contribution in [0.2, 0.25) is 0 Å². The van der Waals surface area contributed by atoms with Gasteiger partial charge in [-0.05, 0) is 54.8 Å². The Morgan fingerprint density at radius 3 is 2.95 bits per heavy atom. The Labute approximate surface area is 122 Å². The van der Waals surface area contributed by atoms with E-state index in [0.29, 0.717) is 12.4 Å². The topological polar surface area (TPSA) is 42.4 Å². The van der Waals surface area contributed by atoms with E-state index in [1.54, 1.807) is 11.1 Å². The maximum Gasteiger partial charge on any atom is 0.233 e. The van der Waals surface area contributed by atoms with Gasteiger partial charge in [0.15, 0.2) is 0 Å². The van der Waals surface area contributed by atoms with Crippen LogP contribution in [0.25, 0.3) is 0 Å². The summed E-state index contributed by atoms with van der Waals surface area (Å²) < 4.78 is 6.50. The summed E-state index contributed by atoms with van der Waals surface area (Å²) in [4.78, 5) is 18.7. The van der Waals surface area contributed by atoms with Gasteiger partial charge in [0, 0.05) is 23.8 Å². The molecule has 19 heavy (non-hydrogen) atoms. The molecule has 4 nitrogen and oxygen atoms in total. The van der Waals surface area contributed by atoms with Crippen LogP contribution in [0.3, 0.4) is 0 Å². The number of pyridine rings is 1. The molecule has 104 valence electrons. The van der Waals surface area contributed by atoms with Crippen LogP contribution in [0, 0.1) is 5.92 Å². The highest BCUT2D eigenvalue weighted by Gasteiger charge is 2.32. The predicted octanol–water partition coefficient (Wildman–Crippen LogP) is 3.01. The molecule has 5 heteroatoms. The molecule has 0 saturated carbocycles. The Hall–Kier alpha value is -0.940. The van der Waals surface area contributed by atoms with Gasteiger partial charge >= 0.3 is 0 Å². The van der Waals surface area contributed by atoms with E-state index in [-0.39, 0.29) is 17.9 Å². The molecule has 2 heterocycles. The van der Waals surface area contributed by atoms with Gasteiger partial charge in [-0.15, -0.1) is 0 Å². The first-order valence-corrected chi connectivity index (χ1v) is 7.47. The summed E-state index contributed by atoms with van der Waals surface area (Å²) in [5, 5.41) is 0. The Bertz CT molecular complexity index is 436. The summed E-state index contributed by atoms with van der Waals surface area (Å²) in [6, 6.07) is 3.76. The lowest BCUT2D eigenvalue weighted by Gasteiger charge is -2.32. The van der Waals surface area contributed by atoms with Gasteiger partial charge in [0.1, 0.15) is 5.82 Å². The Morgan fingerprint density at radius 1 is 1.58 bits per heavy atom. The van der Waals surface area contributed by atoms with Crippen molar-refractivity contribution in [2.45, 2.75) is 32.8 Å². The third-order valence-corrected chi connectivity index (χ3v) is 3.96. The number of hydrogen-bond acceptors (Lipinski definition) is 3. The number of hydrogen-bond donors (Lipinski definition) is 0. The molecule has 0 bridgehead atoms. The predicted molar refractivity (Wildman–Crippen MR) is 78.1 cm³/mol. The minimum absolute atomic E-state index is 0.00857. The second kappa shape index (κ2) is 6.48. The Morgan fingerprint density at radius 2 is 2.37 bits per heavy atom. The molecule has 1 saturated heterocycles. The van der Waals surface area contributed by atoms with E-state index in [0.717, 1.165) is 23.9 Å². The molecule has 1 fully saturated rings. The van der Waals surface area contributed by atoms with E-state index in [9.17, 15) is 4.79 Å². The summed E-state index contributed by atoms with van der Waals surface area (Å²) in [5.41, 5.74) is 0. The van der Waals surface area contributed by atoms with Crippen LogP contribution in [-0.4, -0.2) is 30.1 Å². The number of halogens is 1. The van der Waals surface area contributed by atoms with E-state index < -0.39 is 0 Å². The molecule has 2 rings (SSSR count). The molecule has 0 aliphatic carbocycles. The number of carbonyl (C=O) groups excluding carboxylic acids is 1. The molecule has 0 aromatic carbocycles. The van der Waals surface area contributed by atoms with Gasteiger partial charge in [-0.1, -0.05) is 0 Å². The van der Waals surface area contributed by atoms with Crippen molar-refractivity contribution >= 4 is 27.7 Å². The lowest BCUT2D eigenvalue weighted by Crippen LogP contribution is -2.43. The summed E-state index contributed by atoms with van der Waals surface area (Å²) >= 11 is 3.35. The number of ether oxygens (including phenoxy) is 1. The molecule has 2 unspecified atom stereocenters. The van der Waals surface area contributed by atoms with E-state index in [2.05, 4.69) is 20.9 Å². The van der Waals surface area contributed by atoms with Crippen molar-refractivity contribution < 1.29 is 9.53 Å². The molecule has 1 aromatic heterocycles. The van der Waals surface area contributed by atoms with Crippen LogP contribution in [0.4, 0.5) is 5.82 Å². The molecule has 1 amide bonds. The first-order chi connectivity index (χ1) is 9.13. The quantitative estimate of drug-likeness (QED) is 0.857. The van der Waals surface area contributed by atoms with E-state index in [1.807, 2.05) is 26.0 Å². The van der Waals surface area contributed by atoms with Crippen molar-refractivity contribution in [3.63, 3.8) is 0 Å². The standard InChI is InChI=1S/C14H19BrN2O2/c1-3-17(13-7-6-11(15)9-16-13)14(18)12-5-4-8-19-10(12)2/h6-7,9-10,12H,3-5,8H2,1-2H3. The highest BCUT2D eigenvalue weighted by molar-refractivity contribution is 9.10. The van der Waals surface area contributed by atoms with Gasteiger partial charge in [-0.3, -0.25) is 9.69 Å². The first kappa shape index (κ1) is 14.5. The van der Waals surface area contributed by atoms with Gasteiger partial charge in [0.2, 0.25) is 5.91 Å². The molecule has 0 spiro atoms. The van der Waals surface area contributed by atoms with Gasteiger partial charge < -0.3 is 4.74 Å². The molecule has 1 aliphatic heterocycles. The summed E-state index contributed by atoms with van der Waals surface area (Å²) in [5.74, 6) is 0.761. The molecule has 2 atom stereocenters. The van der Waals surface area contributed by atoms with Crippen molar-refractivity contribution in [2.24, 2.45) is 5.92 Å². The van der Waals surface area contributed by atoms with Crippen LogP contribution in [0.1, 0.15) is 26.7 Å². The number of nitrogens with zero attached hydrogens (tertiary/aromatic N) is 2. The van der Waals surface area contributed by atoms with Gasteiger partial charge in [-0.2, -0.15) is 0 Å². The third-order valence-electron chi connectivity index (χ3n) is 3.49. The van der Waals surface area contributed by atoms with Crippen LogP contribution >= 0.6 is 15.9 Å². The monoisotopic (exact) mass is 326 g/mol. The van der Waals surface area contributed by atoms with Crippen LogP contribution in [0.15, 0.2) is 22.8 Å². The van der Waals surface area contributed by atoms with Crippen molar-refractivity contribution in [1.29, 1.82) is 0 Å². The maximum absolute atomic E-state index is 12.6. The normalized spacial score (nSPS) is 23.1. The van der Waals surface area contributed by atoms with Gasteiger partial charge in [-0.25, -0.2) is 4.98 Å². The third kappa shape index (κ3) is 3.34. The second-order valence-corrected chi connectivity index (χ2v) is 5.66. The van der Waals surface area contributed by atoms with Crippen molar-refractivity contribution in [2.75, 3.05) is 18.1 Å². The lowest BCUT2D eigenvalue weighted by atomic mass is 9.94. The Balaban J connectivity index is 2.16.